The number of unbranched alkanes of at least 4 members (excludes halogenated alkanes) is 1. The highest BCUT2D eigenvalue weighted by Crippen LogP contribution is 2.20. The summed E-state index contributed by atoms with van der Waals surface area (Å²) in [6, 6.07) is 8.37. The molecule has 116 valence electrons. The second-order valence-electron chi connectivity index (χ2n) is 5.12. The maximum atomic E-state index is 10.9. The lowest BCUT2D eigenvalue weighted by atomic mass is 10.1. The molecule has 6 nitrogen and oxygen atoms in total. The second kappa shape index (κ2) is 7.49. The first-order valence-corrected chi connectivity index (χ1v) is 7.42. The van der Waals surface area contributed by atoms with Crippen molar-refractivity contribution in [1.82, 2.24) is 9.78 Å². The third kappa shape index (κ3) is 3.78. The van der Waals surface area contributed by atoms with E-state index in [4.69, 9.17) is 0 Å². The third-order valence-corrected chi connectivity index (χ3v) is 3.42. The lowest BCUT2D eigenvalue weighted by Crippen LogP contribution is -2.03. The van der Waals surface area contributed by atoms with E-state index in [1.165, 1.54) is 12.1 Å². The number of hydrogen-bond donors (Lipinski definition) is 0. The Labute approximate surface area is 128 Å². The number of benzene rings is 1. The number of nitro groups is 1. The molecule has 0 bridgehead atoms. The summed E-state index contributed by atoms with van der Waals surface area (Å²) in [7, 11) is 0. The molecule has 6 heteroatoms. The van der Waals surface area contributed by atoms with Crippen LogP contribution in [0.15, 0.2) is 30.3 Å². The van der Waals surface area contributed by atoms with E-state index in [2.05, 4.69) is 12.0 Å². The fraction of sp³-hybridized carbons (Fsp3) is 0.375. The molecule has 0 radical (unpaired) electrons. The van der Waals surface area contributed by atoms with Crippen LogP contribution in [0.3, 0.4) is 0 Å². The van der Waals surface area contributed by atoms with Gasteiger partial charge in [0.2, 0.25) is 0 Å². The van der Waals surface area contributed by atoms with E-state index in [0.717, 1.165) is 36.9 Å². The predicted octanol–water partition coefficient (Wildman–Crippen LogP) is 3.25. The van der Waals surface area contributed by atoms with E-state index in [-0.39, 0.29) is 5.69 Å². The molecule has 2 aromatic rings. The van der Waals surface area contributed by atoms with Gasteiger partial charge in [0, 0.05) is 24.2 Å². The van der Waals surface area contributed by atoms with Crippen LogP contribution in [0.25, 0.3) is 5.69 Å². The van der Waals surface area contributed by atoms with Crippen molar-refractivity contribution in [3.05, 3.63) is 51.8 Å². The van der Waals surface area contributed by atoms with Crippen LogP contribution in [-0.2, 0) is 17.6 Å². The molecule has 22 heavy (non-hydrogen) atoms. The number of hydrogen-bond acceptors (Lipinski definition) is 4. The van der Waals surface area contributed by atoms with E-state index in [1.807, 2.05) is 6.07 Å². The highest BCUT2D eigenvalue weighted by molar-refractivity contribution is 5.50. The summed E-state index contributed by atoms with van der Waals surface area (Å²) in [5.41, 5.74) is 2.54. The highest BCUT2D eigenvalue weighted by Gasteiger charge is 2.12. The van der Waals surface area contributed by atoms with Crippen molar-refractivity contribution in [2.24, 2.45) is 0 Å². The Kier molecular flexibility index (Phi) is 5.41. The molecular weight excluding hydrogens is 282 g/mol. The van der Waals surface area contributed by atoms with Crippen molar-refractivity contribution in [3.8, 4) is 5.69 Å². The van der Waals surface area contributed by atoms with Gasteiger partial charge in [0.05, 0.1) is 16.3 Å². The third-order valence-electron chi connectivity index (χ3n) is 3.42. The number of aldehydes is 1. The first-order valence-electron chi connectivity index (χ1n) is 7.42. The Morgan fingerprint density at radius 2 is 2.14 bits per heavy atom. The summed E-state index contributed by atoms with van der Waals surface area (Å²) in [6.45, 7) is 2.12. The summed E-state index contributed by atoms with van der Waals surface area (Å²) < 4.78 is 1.71. The molecule has 0 amide bonds. The van der Waals surface area contributed by atoms with Gasteiger partial charge in [-0.1, -0.05) is 19.4 Å². The van der Waals surface area contributed by atoms with Crippen LogP contribution in [0.2, 0.25) is 0 Å². The topological polar surface area (TPSA) is 78.0 Å². The number of aryl methyl sites for hydroxylation is 2. The van der Waals surface area contributed by atoms with Gasteiger partial charge in [-0.3, -0.25) is 10.1 Å². The molecule has 0 N–H and O–H groups in total. The van der Waals surface area contributed by atoms with E-state index < -0.39 is 4.92 Å². The number of aromatic nitrogens is 2. The van der Waals surface area contributed by atoms with Crippen molar-refractivity contribution in [1.29, 1.82) is 0 Å². The summed E-state index contributed by atoms with van der Waals surface area (Å²) in [6.07, 6.45) is 4.84. The number of nitrogens with zero attached hydrogens (tertiary/aromatic N) is 3. The highest BCUT2D eigenvalue weighted by atomic mass is 16.6. The maximum absolute atomic E-state index is 10.9. The van der Waals surface area contributed by atoms with Crippen LogP contribution in [0.4, 0.5) is 5.69 Å². The summed E-state index contributed by atoms with van der Waals surface area (Å²) in [5, 5.41) is 15.5. The van der Waals surface area contributed by atoms with Crippen molar-refractivity contribution < 1.29 is 9.72 Å². The molecule has 0 saturated carbocycles. The zero-order valence-electron chi connectivity index (χ0n) is 12.6. The van der Waals surface area contributed by atoms with Crippen LogP contribution in [-0.4, -0.2) is 21.0 Å². The Morgan fingerprint density at radius 1 is 1.32 bits per heavy atom. The van der Waals surface area contributed by atoms with Crippen LogP contribution in [0, 0.1) is 10.1 Å². The molecule has 0 saturated heterocycles. The van der Waals surface area contributed by atoms with Gasteiger partial charge in [-0.25, -0.2) is 4.68 Å². The molecule has 0 aliphatic heterocycles. The fourth-order valence-corrected chi connectivity index (χ4v) is 2.30. The van der Waals surface area contributed by atoms with Gasteiger partial charge < -0.3 is 4.79 Å². The van der Waals surface area contributed by atoms with E-state index in [0.29, 0.717) is 18.5 Å². The minimum atomic E-state index is -0.421. The molecule has 0 unspecified atom stereocenters. The van der Waals surface area contributed by atoms with Crippen molar-refractivity contribution in [3.63, 3.8) is 0 Å². The molecule has 0 aliphatic carbocycles. The van der Waals surface area contributed by atoms with Crippen LogP contribution in [0.5, 0.6) is 0 Å². The molecule has 1 aromatic heterocycles. The summed E-state index contributed by atoms with van der Waals surface area (Å²) >= 11 is 0. The zero-order chi connectivity index (χ0) is 15.9. The van der Waals surface area contributed by atoms with E-state index in [9.17, 15) is 14.9 Å². The van der Waals surface area contributed by atoms with Crippen molar-refractivity contribution in [2.75, 3.05) is 0 Å². The van der Waals surface area contributed by atoms with E-state index in [1.54, 1.807) is 16.8 Å². The molecule has 1 heterocycles. The monoisotopic (exact) mass is 301 g/mol. The smallest absolute Gasteiger partial charge is 0.271 e. The number of carbonyl (C=O) groups is 1. The van der Waals surface area contributed by atoms with Crippen LogP contribution < -0.4 is 0 Å². The normalized spacial score (nSPS) is 10.6. The summed E-state index contributed by atoms with van der Waals surface area (Å²) in [5.74, 6) is 0. The Hall–Kier alpha value is -2.50. The zero-order valence-corrected chi connectivity index (χ0v) is 12.6. The predicted molar refractivity (Wildman–Crippen MR) is 83.2 cm³/mol. The maximum Gasteiger partial charge on any atom is 0.271 e. The number of rotatable bonds is 8. The average Bonchev–Trinajstić information content (AvgIpc) is 2.94. The van der Waals surface area contributed by atoms with Gasteiger partial charge in [-0.05, 0) is 31.4 Å². The number of carbonyl (C=O) groups excluding carboxylic acids is 1. The van der Waals surface area contributed by atoms with Gasteiger partial charge >= 0.3 is 0 Å². The van der Waals surface area contributed by atoms with Crippen molar-refractivity contribution in [2.45, 2.75) is 39.0 Å². The minimum Gasteiger partial charge on any atom is -0.303 e. The van der Waals surface area contributed by atoms with Crippen LogP contribution in [0.1, 0.15) is 37.6 Å². The first-order chi connectivity index (χ1) is 10.7. The molecular formula is C16H19N3O3. The Bertz CT molecular complexity index is 664. The molecule has 2 rings (SSSR count). The lowest BCUT2D eigenvalue weighted by molar-refractivity contribution is -0.384. The second-order valence-corrected chi connectivity index (χ2v) is 5.12. The van der Waals surface area contributed by atoms with Gasteiger partial charge in [0.25, 0.3) is 5.69 Å². The Balaban J connectivity index is 2.38. The number of non-ortho nitro benzene ring substituents is 1. The molecule has 0 fully saturated rings. The first kappa shape index (κ1) is 15.9. The fourth-order valence-electron chi connectivity index (χ4n) is 2.30. The largest absolute Gasteiger partial charge is 0.303 e. The van der Waals surface area contributed by atoms with Gasteiger partial charge in [0.15, 0.2) is 0 Å². The number of nitro benzene ring substituents is 1. The van der Waals surface area contributed by atoms with Gasteiger partial charge in [0.1, 0.15) is 6.29 Å². The SMILES string of the molecule is CCCCc1cc(CCC=O)n(-c2cccc([N+](=O)[O-])c2)n1. The average molecular weight is 301 g/mol. The quantitative estimate of drug-likeness (QED) is 0.426. The Morgan fingerprint density at radius 3 is 2.82 bits per heavy atom. The molecule has 0 atom stereocenters. The standard InChI is InChI=1S/C16H19N3O3/c1-2-3-6-13-11-14(9-5-10-20)18(17-13)15-7-4-8-16(12-15)19(21)22/h4,7-8,10-12H,2-3,5-6,9H2,1H3. The van der Waals surface area contributed by atoms with Crippen LogP contribution >= 0.6 is 0 Å². The van der Waals surface area contributed by atoms with Gasteiger partial charge in [-0.15, -0.1) is 0 Å². The summed E-state index contributed by atoms with van der Waals surface area (Å²) in [4.78, 5) is 21.1. The van der Waals surface area contributed by atoms with Gasteiger partial charge in [-0.2, -0.15) is 5.10 Å². The lowest BCUT2D eigenvalue weighted by Gasteiger charge is -2.06. The molecule has 0 spiro atoms. The molecule has 1 aromatic carbocycles. The minimum absolute atomic E-state index is 0.0319. The van der Waals surface area contributed by atoms with E-state index >= 15 is 0 Å². The molecule has 0 aliphatic rings. The van der Waals surface area contributed by atoms with Crippen molar-refractivity contribution >= 4 is 12.0 Å².